The molecule has 0 aliphatic carbocycles. The molecule has 1 aliphatic rings. The Morgan fingerprint density at radius 1 is 0.636 bits per heavy atom. The van der Waals surface area contributed by atoms with Crippen molar-refractivity contribution in [3.63, 3.8) is 0 Å². The highest BCUT2D eigenvalue weighted by Gasteiger charge is 2.44. The second kappa shape index (κ2) is 36.0. The number of nitrogens with one attached hydrogen (secondary N) is 1. The molecule has 6 N–H and O–H groups in total. The molecule has 1 fully saturated rings. The van der Waals surface area contributed by atoms with Gasteiger partial charge >= 0.3 is 0 Å². The summed E-state index contributed by atoms with van der Waals surface area (Å²) in [5.74, 6) is -0.213. The minimum atomic E-state index is -1.58. The first-order valence-corrected chi connectivity index (χ1v) is 21.7. The van der Waals surface area contributed by atoms with Crippen LogP contribution in [-0.4, -0.2) is 87.5 Å². The van der Waals surface area contributed by atoms with E-state index in [1.54, 1.807) is 6.08 Å². The van der Waals surface area contributed by atoms with Crippen LogP contribution in [0.4, 0.5) is 0 Å². The van der Waals surface area contributed by atoms with Crippen LogP contribution in [-0.2, 0) is 14.3 Å². The number of carbonyl (C=O) groups is 1. The van der Waals surface area contributed by atoms with Gasteiger partial charge < -0.3 is 40.3 Å². The lowest BCUT2D eigenvalue weighted by Crippen LogP contribution is -2.60. The van der Waals surface area contributed by atoms with E-state index in [-0.39, 0.29) is 12.5 Å². The average molecular weight is 774 g/mol. The van der Waals surface area contributed by atoms with E-state index in [0.717, 1.165) is 89.9 Å². The highest BCUT2D eigenvalue weighted by molar-refractivity contribution is 5.76. The number of unbranched alkanes of at least 4 members (excludes halogenated alkanes) is 14. The van der Waals surface area contributed by atoms with Crippen LogP contribution in [0, 0.1) is 0 Å². The summed E-state index contributed by atoms with van der Waals surface area (Å²) < 4.78 is 11.2. The van der Waals surface area contributed by atoms with E-state index < -0.39 is 49.5 Å². The van der Waals surface area contributed by atoms with Crippen LogP contribution in [0.1, 0.15) is 155 Å². The molecule has 55 heavy (non-hydrogen) atoms. The Bertz CT molecular complexity index is 1080. The van der Waals surface area contributed by atoms with Gasteiger partial charge in [0, 0.05) is 6.42 Å². The molecule has 1 heterocycles. The van der Waals surface area contributed by atoms with Crippen LogP contribution >= 0.6 is 0 Å². The maximum atomic E-state index is 12.9. The third-order valence-electron chi connectivity index (χ3n) is 9.74. The van der Waals surface area contributed by atoms with Crippen molar-refractivity contribution in [2.24, 2.45) is 0 Å². The van der Waals surface area contributed by atoms with Crippen LogP contribution < -0.4 is 5.32 Å². The largest absolute Gasteiger partial charge is 0.394 e. The lowest BCUT2D eigenvalue weighted by molar-refractivity contribution is -0.302. The van der Waals surface area contributed by atoms with Gasteiger partial charge in [-0.15, -0.1) is 0 Å². The molecule has 1 aliphatic heterocycles. The quantitative estimate of drug-likeness (QED) is 0.0281. The average Bonchev–Trinajstić information content (AvgIpc) is 3.18. The molecule has 0 radical (unpaired) electrons. The fourth-order valence-corrected chi connectivity index (χ4v) is 6.26. The van der Waals surface area contributed by atoms with Crippen LogP contribution in [0.25, 0.3) is 0 Å². The maximum absolute atomic E-state index is 12.9. The summed E-state index contributed by atoms with van der Waals surface area (Å²) in [5, 5.41) is 54.1. The van der Waals surface area contributed by atoms with Crippen LogP contribution in [0.3, 0.4) is 0 Å². The molecule has 7 unspecified atom stereocenters. The Hall–Kier alpha value is -2.37. The molecule has 9 nitrogen and oxygen atoms in total. The monoisotopic (exact) mass is 774 g/mol. The standard InChI is InChI=1S/C46H79NO8/c1-3-5-7-9-11-13-15-17-19-20-22-23-25-27-29-31-33-35-40(49)39(38-54-46-45(53)44(52)43(51)41(37-48)55-46)47-42(50)36-34-32-30-28-26-24-21-18-16-14-12-10-8-6-4-2/h6,8,12,14,18-21,25,27,33,35,39-41,43-46,48-49,51-53H,3-5,7,9-11,13,15-17,22-24,26,28-32,34,36-38H2,1-2H3,(H,47,50)/b8-6-,14-12-,20-19+,21-18-,27-25+,35-33+. The summed E-state index contributed by atoms with van der Waals surface area (Å²) in [6.45, 7) is 3.59. The molecule has 0 aromatic carbocycles. The van der Waals surface area contributed by atoms with Gasteiger partial charge in [-0.25, -0.2) is 0 Å². The zero-order valence-electron chi connectivity index (χ0n) is 34.4. The summed E-state index contributed by atoms with van der Waals surface area (Å²) in [6.07, 6.45) is 40.8. The minimum Gasteiger partial charge on any atom is -0.394 e. The molecule has 316 valence electrons. The van der Waals surface area contributed by atoms with Gasteiger partial charge in [0.25, 0.3) is 0 Å². The maximum Gasteiger partial charge on any atom is 0.220 e. The summed E-state index contributed by atoms with van der Waals surface area (Å²) in [6, 6.07) is -0.839. The molecular weight excluding hydrogens is 695 g/mol. The zero-order chi connectivity index (χ0) is 40.2. The highest BCUT2D eigenvalue weighted by atomic mass is 16.7. The molecule has 0 bridgehead atoms. The van der Waals surface area contributed by atoms with Gasteiger partial charge in [0.05, 0.1) is 25.4 Å². The van der Waals surface area contributed by atoms with Crippen LogP contribution in [0.2, 0.25) is 0 Å². The topological polar surface area (TPSA) is 149 Å². The van der Waals surface area contributed by atoms with Crippen molar-refractivity contribution in [2.75, 3.05) is 13.2 Å². The van der Waals surface area contributed by atoms with E-state index in [9.17, 15) is 30.3 Å². The first-order chi connectivity index (χ1) is 26.8. The molecule has 0 spiro atoms. The predicted molar refractivity (Wildman–Crippen MR) is 225 cm³/mol. The molecular formula is C46H79NO8. The molecule has 0 aromatic rings. The van der Waals surface area contributed by atoms with E-state index >= 15 is 0 Å². The third-order valence-corrected chi connectivity index (χ3v) is 9.74. The smallest absolute Gasteiger partial charge is 0.220 e. The lowest BCUT2D eigenvalue weighted by atomic mass is 9.99. The number of allylic oxidation sites excluding steroid dienone is 11. The van der Waals surface area contributed by atoms with Crippen molar-refractivity contribution in [3.8, 4) is 0 Å². The molecule has 1 saturated heterocycles. The van der Waals surface area contributed by atoms with Crippen molar-refractivity contribution in [3.05, 3.63) is 72.9 Å². The van der Waals surface area contributed by atoms with Crippen molar-refractivity contribution < 1.29 is 39.8 Å². The Morgan fingerprint density at radius 3 is 1.75 bits per heavy atom. The molecule has 0 saturated carbocycles. The Kier molecular flexibility index (Phi) is 33.2. The third kappa shape index (κ3) is 27.0. The molecule has 7 atom stereocenters. The van der Waals surface area contributed by atoms with Gasteiger partial charge in [-0.2, -0.15) is 0 Å². The minimum absolute atomic E-state index is 0.213. The predicted octanol–water partition coefficient (Wildman–Crippen LogP) is 8.61. The molecule has 9 heteroatoms. The van der Waals surface area contributed by atoms with Crippen LogP contribution in [0.5, 0.6) is 0 Å². The number of hydrogen-bond acceptors (Lipinski definition) is 8. The van der Waals surface area contributed by atoms with Crippen LogP contribution in [0.15, 0.2) is 72.9 Å². The zero-order valence-corrected chi connectivity index (χ0v) is 34.4. The summed E-state index contributed by atoms with van der Waals surface area (Å²) in [7, 11) is 0. The fourth-order valence-electron chi connectivity index (χ4n) is 6.26. The molecule has 1 rings (SSSR count). The summed E-state index contributed by atoms with van der Waals surface area (Å²) >= 11 is 0. The number of carbonyl (C=O) groups excluding carboxylic acids is 1. The van der Waals surface area contributed by atoms with E-state index in [1.807, 2.05) is 6.08 Å². The van der Waals surface area contributed by atoms with Crippen molar-refractivity contribution in [1.82, 2.24) is 5.32 Å². The SMILES string of the molecule is CC/C=C\C/C=C\C/C=C\CCCCCCCC(=O)NC(COC1OC(CO)C(O)C(O)C1O)C(O)/C=C/CC/C=C/CC/C=C/CCCCCCCCC. The Labute approximate surface area is 334 Å². The number of rotatable bonds is 34. The van der Waals surface area contributed by atoms with Crippen molar-refractivity contribution >= 4 is 5.91 Å². The second-order valence-corrected chi connectivity index (χ2v) is 14.7. The van der Waals surface area contributed by atoms with Gasteiger partial charge in [0.15, 0.2) is 6.29 Å². The molecule has 0 aromatic heterocycles. The van der Waals surface area contributed by atoms with Crippen molar-refractivity contribution in [2.45, 2.75) is 198 Å². The number of amides is 1. The van der Waals surface area contributed by atoms with Gasteiger partial charge in [-0.3, -0.25) is 4.79 Å². The normalized spacial score (nSPS) is 22.1. The first-order valence-electron chi connectivity index (χ1n) is 21.7. The van der Waals surface area contributed by atoms with Gasteiger partial charge in [-0.05, 0) is 77.0 Å². The van der Waals surface area contributed by atoms with E-state index in [4.69, 9.17) is 9.47 Å². The highest BCUT2D eigenvalue weighted by Crippen LogP contribution is 2.22. The number of aliphatic hydroxyl groups excluding tert-OH is 5. The number of aliphatic hydroxyl groups is 5. The Morgan fingerprint density at radius 2 is 1.15 bits per heavy atom. The second-order valence-electron chi connectivity index (χ2n) is 14.7. The summed E-state index contributed by atoms with van der Waals surface area (Å²) in [5.41, 5.74) is 0. The van der Waals surface area contributed by atoms with Gasteiger partial charge in [0.1, 0.15) is 24.4 Å². The van der Waals surface area contributed by atoms with E-state index in [0.29, 0.717) is 6.42 Å². The van der Waals surface area contributed by atoms with E-state index in [1.165, 1.54) is 44.9 Å². The van der Waals surface area contributed by atoms with Gasteiger partial charge in [-0.1, -0.05) is 145 Å². The first kappa shape index (κ1) is 50.6. The summed E-state index contributed by atoms with van der Waals surface area (Å²) in [4.78, 5) is 12.9. The van der Waals surface area contributed by atoms with E-state index in [2.05, 4.69) is 79.9 Å². The van der Waals surface area contributed by atoms with Gasteiger partial charge in [0.2, 0.25) is 5.91 Å². The molecule has 1 amide bonds. The Balaban J connectivity index is 2.46. The number of ether oxygens (including phenoxy) is 2. The number of hydrogen-bond donors (Lipinski definition) is 6. The lowest BCUT2D eigenvalue weighted by Gasteiger charge is -2.40. The van der Waals surface area contributed by atoms with Crippen molar-refractivity contribution in [1.29, 1.82) is 0 Å². The fraction of sp³-hybridized carbons (Fsp3) is 0.717.